The third-order valence-corrected chi connectivity index (χ3v) is 5.39. The highest BCUT2D eigenvalue weighted by atomic mass is 35.5. The Bertz CT molecular complexity index is 429. The summed E-state index contributed by atoms with van der Waals surface area (Å²) in [4.78, 5) is 26.8. The van der Waals surface area contributed by atoms with E-state index < -0.39 is 0 Å². The van der Waals surface area contributed by atoms with Crippen LogP contribution in [-0.2, 0) is 9.59 Å². The summed E-state index contributed by atoms with van der Waals surface area (Å²) in [6, 6.07) is -0.306. The highest BCUT2D eigenvalue weighted by Crippen LogP contribution is 2.29. The van der Waals surface area contributed by atoms with Gasteiger partial charge in [0.2, 0.25) is 11.8 Å². The molecule has 2 heterocycles. The van der Waals surface area contributed by atoms with E-state index >= 15 is 0 Å². The second-order valence-electron chi connectivity index (χ2n) is 6.90. The van der Waals surface area contributed by atoms with E-state index in [2.05, 4.69) is 10.6 Å². The van der Waals surface area contributed by atoms with Crippen LogP contribution in [0.2, 0.25) is 0 Å². The van der Waals surface area contributed by atoms with Gasteiger partial charge in [-0.15, -0.1) is 12.4 Å². The quantitative estimate of drug-likeness (QED) is 0.684. The number of β-amino-alcohol motifs (C(OH)–C–C–N with tert-alkyl or cyclic N) is 1. The zero-order chi connectivity index (χ0) is 15.5. The van der Waals surface area contributed by atoms with Gasteiger partial charge in [0.25, 0.3) is 0 Å². The van der Waals surface area contributed by atoms with E-state index in [4.69, 9.17) is 0 Å². The first-order valence-corrected chi connectivity index (χ1v) is 8.64. The number of carbonyl (C=O) groups excluding carboxylic acids is 2. The van der Waals surface area contributed by atoms with E-state index in [1.54, 1.807) is 4.90 Å². The van der Waals surface area contributed by atoms with E-state index in [9.17, 15) is 14.7 Å². The summed E-state index contributed by atoms with van der Waals surface area (Å²) in [6.07, 6.45) is 5.49. The van der Waals surface area contributed by atoms with Crippen molar-refractivity contribution < 1.29 is 14.7 Å². The lowest BCUT2D eigenvalue weighted by Gasteiger charge is -2.27. The summed E-state index contributed by atoms with van der Waals surface area (Å²) in [6.45, 7) is 2.52. The first-order valence-electron chi connectivity index (χ1n) is 8.64. The van der Waals surface area contributed by atoms with Crippen LogP contribution in [0.1, 0.15) is 38.5 Å². The summed E-state index contributed by atoms with van der Waals surface area (Å²) in [5.41, 5.74) is 0. The molecule has 0 aromatic carbocycles. The maximum Gasteiger partial charge on any atom is 0.242 e. The largest absolute Gasteiger partial charge is 0.391 e. The molecule has 2 saturated heterocycles. The first kappa shape index (κ1) is 18.5. The Morgan fingerprint density at radius 3 is 2.52 bits per heavy atom. The molecule has 0 bridgehead atoms. The van der Waals surface area contributed by atoms with Crippen LogP contribution in [0.4, 0.5) is 0 Å². The third-order valence-electron chi connectivity index (χ3n) is 5.39. The van der Waals surface area contributed by atoms with E-state index in [0.717, 1.165) is 45.1 Å². The van der Waals surface area contributed by atoms with Crippen LogP contribution < -0.4 is 10.6 Å². The average Bonchev–Trinajstić information content (AvgIpc) is 3.25. The number of rotatable bonds is 4. The molecule has 2 amide bonds. The third kappa shape index (κ3) is 4.17. The molecular weight excluding hydrogens is 318 g/mol. The number of hydrogen-bond acceptors (Lipinski definition) is 4. The molecule has 3 N–H and O–H groups in total. The minimum Gasteiger partial charge on any atom is -0.391 e. The SMILES string of the molecule is Cl.O=C(NCC1CNCC1O)C1CCCN1C(=O)C1CCCC1. The van der Waals surface area contributed by atoms with Gasteiger partial charge in [0.05, 0.1) is 6.10 Å². The molecule has 3 rings (SSSR count). The minimum atomic E-state index is -0.389. The monoisotopic (exact) mass is 345 g/mol. The maximum absolute atomic E-state index is 12.6. The molecular formula is C16H28ClN3O3. The van der Waals surface area contributed by atoms with E-state index in [1.165, 1.54) is 0 Å². The van der Waals surface area contributed by atoms with Gasteiger partial charge in [-0.25, -0.2) is 0 Å². The molecule has 23 heavy (non-hydrogen) atoms. The number of aliphatic hydroxyl groups is 1. The molecule has 2 aliphatic heterocycles. The first-order chi connectivity index (χ1) is 10.7. The number of nitrogens with one attached hydrogen (secondary N) is 2. The molecule has 6 nitrogen and oxygen atoms in total. The number of likely N-dealkylation sites (tertiary alicyclic amines) is 1. The van der Waals surface area contributed by atoms with Crippen molar-refractivity contribution in [1.82, 2.24) is 15.5 Å². The Labute approximate surface area is 143 Å². The number of aliphatic hydroxyl groups excluding tert-OH is 1. The van der Waals surface area contributed by atoms with Gasteiger partial charge in [0.15, 0.2) is 0 Å². The molecule has 0 aromatic rings. The Hall–Kier alpha value is -0.850. The Morgan fingerprint density at radius 2 is 1.87 bits per heavy atom. The van der Waals surface area contributed by atoms with E-state index in [1.807, 2.05) is 0 Å². The maximum atomic E-state index is 12.6. The van der Waals surface area contributed by atoms with Gasteiger partial charge in [-0.1, -0.05) is 12.8 Å². The van der Waals surface area contributed by atoms with Crippen molar-refractivity contribution in [3.05, 3.63) is 0 Å². The van der Waals surface area contributed by atoms with E-state index in [-0.39, 0.29) is 48.2 Å². The van der Waals surface area contributed by atoms with Crippen LogP contribution in [0.15, 0.2) is 0 Å². The smallest absolute Gasteiger partial charge is 0.242 e. The highest BCUT2D eigenvalue weighted by Gasteiger charge is 2.38. The zero-order valence-electron chi connectivity index (χ0n) is 13.5. The molecule has 7 heteroatoms. The van der Waals surface area contributed by atoms with Crippen LogP contribution in [0.25, 0.3) is 0 Å². The fourth-order valence-corrected chi connectivity index (χ4v) is 3.99. The standard InChI is InChI=1S/C16H27N3O3.ClH/c20-14-10-17-8-12(14)9-18-15(21)13-6-3-7-19(13)16(22)11-4-1-2-5-11;/h11-14,17,20H,1-10H2,(H,18,21);1H. The topological polar surface area (TPSA) is 81.7 Å². The molecule has 1 aliphatic carbocycles. The number of halogens is 1. The summed E-state index contributed by atoms with van der Waals surface area (Å²) in [5.74, 6) is 0.333. The highest BCUT2D eigenvalue weighted by molar-refractivity contribution is 5.89. The summed E-state index contributed by atoms with van der Waals surface area (Å²) in [5, 5.41) is 15.8. The molecule has 3 unspecified atom stereocenters. The summed E-state index contributed by atoms with van der Waals surface area (Å²) >= 11 is 0. The van der Waals surface area contributed by atoms with Crippen molar-refractivity contribution in [1.29, 1.82) is 0 Å². The van der Waals surface area contributed by atoms with Gasteiger partial charge in [-0.2, -0.15) is 0 Å². The lowest BCUT2D eigenvalue weighted by molar-refractivity contribution is -0.141. The Kier molecular flexibility index (Phi) is 6.68. The van der Waals surface area contributed by atoms with Gasteiger partial charge >= 0.3 is 0 Å². The summed E-state index contributed by atoms with van der Waals surface area (Å²) < 4.78 is 0. The number of nitrogens with zero attached hydrogens (tertiary/aromatic N) is 1. The number of amides is 2. The van der Waals surface area contributed by atoms with Crippen molar-refractivity contribution in [2.75, 3.05) is 26.2 Å². The molecule has 0 spiro atoms. The molecule has 0 radical (unpaired) electrons. The molecule has 3 atom stereocenters. The van der Waals surface area contributed by atoms with E-state index in [0.29, 0.717) is 19.6 Å². The van der Waals surface area contributed by atoms with Crippen LogP contribution in [0, 0.1) is 11.8 Å². The normalized spacial score (nSPS) is 31.2. The lowest BCUT2D eigenvalue weighted by atomic mass is 10.0. The van der Waals surface area contributed by atoms with Gasteiger partial charge in [-0.3, -0.25) is 9.59 Å². The molecule has 132 valence electrons. The van der Waals surface area contributed by atoms with Crippen molar-refractivity contribution in [3.63, 3.8) is 0 Å². The fourth-order valence-electron chi connectivity index (χ4n) is 3.99. The zero-order valence-corrected chi connectivity index (χ0v) is 14.3. The van der Waals surface area contributed by atoms with Gasteiger partial charge < -0.3 is 20.6 Å². The Balaban J connectivity index is 0.00000192. The molecule has 3 fully saturated rings. The van der Waals surface area contributed by atoms with Crippen molar-refractivity contribution in [3.8, 4) is 0 Å². The molecule has 1 saturated carbocycles. The average molecular weight is 346 g/mol. The van der Waals surface area contributed by atoms with Crippen molar-refractivity contribution in [2.24, 2.45) is 11.8 Å². The van der Waals surface area contributed by atoms with Crippen molar-refractivity contribution in [2.45, 2.75) is 50.7 Å². The minimum absolute atomic E-state index is 0. The van der Waals surface area contributed by atoms with Gasteiger partial charge in [0.1, 0.15) is 6.04 Å². The van der Waals surface area contributed by atoms with Crippen LogP contribution in [0.5, 0.6) is 0 Å². The Morgan fingerprint density at radius 1 is 1.13 bits per heavy atom. The second-order valence-corrected chi connectivity index (χ2v) is 6.90. The summed E-state index contributed by atoms with van der Waals surface area (Å²) in [7, 11) is 0. The van der Waals surface area contributed by atoms with Crippen LogP contribution in [-0.4, -0.2) is 60.1 Å². The molecule has 3 aliphatic rings. The van der Waals surface area contributed by atoms with Crippen molar-refractivity contribution >= 4 is 24.2 Å². The predicted octanol–water partition coefficient (Wildman–Crippen LogP) is 0.286. The van der Waals surface area contributed by atoms with Crippen LogP contribution in [0.3, 0.4) is 0 Å². The number of hydrogen-bond donors (Lipinski definition) is 3. The number of carbonyl (C=O) groups is 2. The van der Waals surface area contributed by atoms with Gasteiger partial charge in [-0.05, 0) is 25.7 Å². The fraction of sp³-hybridized carbons (Fsp3) is 0.875. The van der Waals surface area contributed by atoms with Crippen LogP contribution >= 0.6 is 12.4 Å². The molecule has 0 aromatic heterocycles. The van der Waals surface area contributed by atoms with Gasteiger partial charge in [0, 0.05) is 38.0 Å². The second kappa shape index (κ2) is 8.31. The predicted molar refractivity (Wildman–Crippen MR) is 89.3 cm³/mol. The lowest BCUT2D eigenvalue weighted by Crippen LogP contribution is -2.49.